The molecule has 3 nitrogen and oxygen atoms in total. The molecule has 0 saturated carbocycles. The Morgan fingerprint density at radius 3 is 2.67 bits per heavy atom. The van der Waals surface area contributed by atoms with Gasteiger partial charge in [0, 0.05) is 20.6 Å². The molecule has 2 aliphatic rings. The summed E-state index contributed by atoms with van der Waals surface area (Å²) in [5, 5.41) is 11.3. The molecule has 1 aliphatic heterocycles. The summed E-state index contributed by atoms with van der Waals surface area (Å²) in [6, 6.07) is 5.27. The number of phenolic OH excluding ortho intramolecular Hbond substituents is 1. The zero-order valence-electron chi connectivity index (χ0n) is 10.3. The van der Waals surface area contributed by atoms with Crippen LogP contribution in [0.1, 0.15) is 5.56 Å². The summed E-state index contributed by atoms with van der Waals surface area (Å²) in [6.07, 6.45) is 5.10. The Morgan fingerprint density at radius 1 is 1.14 bits per heavy atom. The number of aliphatic imine (C=N–C) groups is 1. The molecule has 1 heterocycles. The summed E-state index contributed by atoms with van der Waals surface area (Å²) in [7, 11) is 2.86. The number of allylic oxidation sites excluding steroid dienone is 5. The first kappa shape index (κ1) is 15.1. The van der Waals surface area contributed by atoms with E-state index in [2.05, 4.69) is 36.9 Å². The molecule has 7 heteroatoms. The van der Waals surface area contributed by atoms with E-state index in [9.17, 15) is 9.90 Å². The Kier molecular flexibility index (Phi) is 4.44. The summed E-state index contributed by atoms with van der Waals surface area (Å²) in [4.78, 5) is 16.5. The van der Waals surface area contributed by atoms with Crippen LogP contribution in [0.3, 0.4) is 0 Å². The third-order valence-corrected chi connectivity index (χ3v) is 5.97. The predicted molar refractivity (Wildman–Crippen MR) is 95.7 cm³/mol. The van der Waals surface area contributed by atoms with E-state index >= 15 is 0 Å². The maximum absolute atomic E-state index is 12.0. The lowest BCUT2D eigenvalue weighted by Crippen LogP contribution is -2.01. The van der Waals surface area contributed by atoms with Crippen LogP contribution in [0, 0.1) is 0 Å². The third-order valence-electron chi connectivity index (χ3n) is 2.77. The molecule has 3 rings (SSSR count). The molecule has 21 heavy (non-hydrogen) atoms. The number of carbonyl (C=O) groups is 1. The molecule has 0 aromatic heterocycles. The van der Waals surface area contributed by atoms with Gasteiger partial charge >= 0.3 is 0 Å². The van der Waals surface area contributed by atoms with Crippen molar-refractivity contribution in [3.63, 3.8) is 0 Å². The van der Waals surface area contributed by atoms with Crippen LogP contribution in [0.15, 0.2) is 61.0 Å². The van der Waals surface area contributed by atoms with Crippen molar-refractivity contribution in [2.75, 3.05) is 0 Å². The fraction of sp³-hybridized carbons (Fsp3) is 0. The van der Waals surface area contributed by atoms with Gasteiger partial charge in [-0.3, -0.25) is 4.79 Å². The van der Waals surface area contributed by atoms with E-state index in [1.807, 2.05) is 12.1 Å². The van der Waals surface area contributed by atoms with Crippen molar-refractivity contribution in [3.05, 3.63) is 61.5 Å². The summed E-state index contributed by atoms with van der Waals surface area (Å²) < 4.78 is 1.56. The first-order valence-corrected chi connectivity index (χ1v) is 9.54. The molecule has 0 amide bonds. The molecule has 0 bridgehead atoms. The fourth-order valence-corrected chi connectivity index (χ4v) is 4.70. The van der Waals surface area contributed by atoms with Gasteiger partial charge < -0.3 is 5.11 Å². The first-order chi connectivity index (χ1) is 10.0. The molecule has 0 saturated heterocycles. The second-order valence-corrected chi connectivity index (χ2v) is 8.13. The first-order valence-electron chi connectivity index (χ1n) is 5.80. The van der Waals surface area contributed by atoms with Gasteiger partial charge in [0.05, 0.1) is 5.57 Å². The van der Waals surface area contributed by atoms with Crippen molar-refractivity contribution >= 4 is 64.3 Å². The minimum absolute atomic E-state index is 0.0718. The van der Waals surface area contributed by atoms with Crippen LogP contribution < -0.4 is 0 Å². The van der Waals surface area contributed by atoms with Crippen molar-refractivity contribution in [3.8, 4) is 5.75 Å². The molecular formula is C14H7Br2NO2S2. The Hall–Kier alpha value is -0.760. The fourth-order valence-electron chi connectivity index (χ4n) is 1.78. The van der Waals surface area contributed by atoms with Gasteiger partial charge in [-0.2, -0.15) is 0 Å². The second-order valence-electron chi connectivity index (χ2n) is 4.19. The van der Waals surface area contributed by atoms with Crippen LogP contribution in [0.2, 0.25) is 0 Å². The quantitative estimate of drug-likeness (QED) is 0.493. The van der Waals surface area contributed by atoms with Crippen LogP contribution in [0.25, 0.3) is 0 Å². The number of aromatic hydroxyl groups is 1. The van der Waals surface area contributed by atoms with E-state index in [1.165, 1.54) is 27.7 Å². The molecule has 0 fully saturated rings. The van der Waals surface area contributed by atoms with Crippen LogP contribution in [0.5, 0.6) is 5.75 Å². The molecule has 0 atom stereocenters. The molecule has 0 unspecified atom stereocenters. The molecule has 1 N–H and O–H groups in total. The summed E-state index contributed by atoms with van der Waals surface area (Å²) in [6.45, 7) is 0. The minimum Gasteiger partial charge on any atom is -0.507 e. The molecule has 1 aromatic rings. The maximum Gasteiger partial charge on any atom is 0.189 e. The van der Waals surface area contributed by atoms with Crippen LogP contribution >= 0.6 is 53.4 Å². The highest BCUT2D eigenvalue weighted by atomic mass is 79.9. The Labute approximate surface area is 146 Å². The van der Waals surface area contributed by atoms with Gasteiger partial charge in [-0.25, -0.2) is 4.99 Å². The van der Waals surface area contributed by atoms with Gasteiger partial charge in [-0.1, -0.05) is 31.9 Å². The average molecular weight is 445 g/mol. The lowest BCUT2D eigenvalue weighted by molar-refractivity contribution is -0.111. The highest BCUT2D eigenvalue weighted by Crippen LogP contribution is 2.45. The van der Waals surface area contributed by atoms with E-state index in [0.717, 1.165) is 8.96 Å². The van der Waals surface area contributed by atoms with Crippen LogP contribution in [-0.4, -0.2) is 15.9 Å². The maximum atomic E-state index is 12.0. The smallest absolute Gasteiger partial charge is 0.189 e. The van der Waals surface area contributed by atoms with Crippen molar-refractivity contribution in [1.82, 2.24) is 0 Å². The van der Waals surface area contributed by atoms with Crippen molar-refractivity contribution in [2.24, 2.45) is 4.99 Å². The second kappa shape index (κ2) is 6.16. The van der Waals surface area contributed by atoms with Gasteiger partial charge in [0.2, 0.25) is 0 Å². The van der Waals surface area contributed by atoms with E-state index in [-0.39, 0.29) is 11.5 Å². The molecule has 0 radical (unpaired) electrons. The Morgan fingerprint density at radius 2 is 1.95 bits per heavy atom. The summed E-state index contributed by atoms with van der Waals surface area (Å²) in [5.74, 6) is 0.0909. The van der Waals surface area contributed by atoms with Crippen molar-refractivity contribution < 1.29 is 9.90 Å². The van der Waals surface area contributed by atoms with Gasteiger partial charge in [0.15, 0.2) is 5.78 Å². The standard InChI is InChI=1S/C14H7Br2NO2S2/c15-7-1-3-9(11(18)5-7)13-17-14(21-20-13)10-4-2-8(16)6-12(10)19/h1-6,18H/b14-10-. The number of rotatable bonds is 1. The zero-order chi connectivity index (χ0) is 15.0. The van der Waals surface area contributed by atoms with E-state index in [4.69, 9.17) is 0 Å². The number of hydrogen-bond acceptors (Lipinski definition) is 5. The van der Waals surface area contributed by atoms with E-state index in [1.54, 1.807) is 18.2 Å². The zero-order valence-corrected chi connectivity index (χ0v) is 15.1. The number of carbonyl (C=O) groups excluding carboxylic acids is 1. The lowest BCUT2D eigenvalue weighted by atomic mass is 10.1. The molecule has 1 aromatic carbocycles. The lowest BCUT2D eigenvalue weighted by Gasteiger charge is -2.04. The predicted octanol–water partition coefficient (Wildman–Crippen LogP) is 4.93. The Bertz CT molecular complexity index is 766. The minimum atomic E-state index is -0.0718. The third kappa shape index (κ3) is 3.21. The van der Waals surface area contributed by atoms with Crippen LogP contribution in [0.4, 0.5) is 0 Å². The summed E-state index contributed by atoms with van der Waals surface area (Å²) in [5.41, 5.74) is 1.23. The van der Waals surface area contributed by atoms with Gasteiger partial charge in [-0.15, -0.1) is 0 Å². The monoisotopic (exact) mass is 443 g/mol. The average Bonchev–Trinajstić information content (AvgIpc) is 2.87. The number of hydrogen-bond donors (Lipinski definition) is 1. The largest absolute Gasteiger partial charge is 0.507 e. The highest BCUT2D eigenvalue weighted by Gasteiger charge is 2.23. The number of nitrogens with zero attached hydrogens (tertiary/aromatic N) is 1. The molecule has 0 spiro atoms. The number of halogens is 2. The highest BCUT2D eigenvalue weighted by molar-refractivity contribution is 9.12. The SMILES string of the molecule is O=C1C=C(Br)C=C/C1=C1\N=C(c2ccc(Br)cc2O)SS1. The molecule has 1 aliphatic carbocycles. The van der Waals surface area contributed by atoms with Gasteiger partial charge in [-0.05, 0) is 51.9 Å². The van der Waals surface area contributed by atoms with Crippen molar-refractivity contribution in [2.45, 2.75) is 0 Å². The number of benzene rings is 1. The Balaban J connectivity index is 1.98. The van der Waals surface area contributed by atoms with Crippen molar-refractivity contribution in [1.29, 1.82) is 0 Å². The van der Waals surface area contributed by atoms with E-state index < -0.39 is 0 Å². The van der Waals surface area contributed by atoms with Crippen LogP contribution in [-0.2, 0) is 4.79 Å². The van der Waals surface area contributed by atoms with Gasteiger partial charge in [0.25, 0.3) is 0 Å². The number of ketones is 1. The molecular weight excluding hydrogens is 438 g/mol. The topological polar surface area (TPSA) is 49.7 Å². The normalized spacial score (nSPS) is 21.5. The summed E-state index contributed by atoms with van der Waals surface area (Å²) >= 11 is 6.58. The number of phenols is 1. The molecule has 106 valence electrons. The van der Waals surface area contributed by atoms with E-state index in [0.29, 0.717) is 21.2 Å². The van der Waals surface area contributed by atoms with Gasteiger partial charge in [0.1, 0.15) is 15.8 Å².